The van der Waals surface area contributed by atoms with Crippen molar-refractivity contribution in [2.45, 2.75) is 33.4 Å². The molecule has 0 unspecified atom stereocenters. The van der Waals surface area contributed by atoms with Gasteiger partial charge in [0.15, 0.2) is 0 Å². The number of hydrogen-bond donors (Lipinski definition) is 1. The van der Waals surface area contributed by atoms with Gasteiger partial charge in [0, 0.05) is 34.0 Å². The molecule has 2 aromatic rings. The van der Waals surface area contributed by atoms with Gasteiger partial charge in [0.25, 0.3) is 0 Å². The van der Waals surface area contributed by atoms with Gasteiger partial charge >= 0.3 is 0 Å². The third-order valence-corrected chi connectivity index (χ3v) is 5.09. The van der Waals surface area contributed by atoms with Gasteiger partial charge in [0.05, 0.1) is 6.54 Å². The highest BCUT2D eigenvalue weighted by atomic mass is 79.9. The molecule has 2 rings (SSSR count). The van der Waals surface area contributed by atoms with Gasteiger partial charge < -0.3 is 10.2 Å². The van der Waals surface area contributed by atoms with E-state index in [1.54, 1.807) is 11.3 Å². The predicted octanol–water partition coefficient (Wildman–Crippen LogP) is 4.96. The molecule has 1 aromatic carbocycles. The zero-order chi connectivity index (χ0) is 15.2. The van der Waals surface area contributed by atoms with Crippen molar-refractivity contribution in [3.63, 3.8) is 0 Å². The smallest absolute Gasteiger partial charge is 0.0520 e. The minimum Gasteiger partial charge on any atom is -0.369 e. The van der Waals surface area contributed by atoms with Crippen LogP contribution >= 0.6 is 27.3 Å². The summed E-state index contributed by atoms with van der Waals surface area (Å²) in [6, 6.07) is 8.92. The Balaban J connectivity index is 2.12. The summed E-state index contributed by atoms with van der Waals surface area (Å²) in [6.45, 7) is 7.30. The topological polar surface area (TPSA) is 15.3 Å². The van der Waals surface area contributed by atoms with Gasteiger partial charge in [-0.05, 0) is 53.5 Å². The SMILES string of the molecule is CCCNCc1cc(C)ccc1N(C)Cc1cc(Br)cs1. The molecule has 2 nitrogen and oxygen atoms in total. The predicted molar refractivity (Wildman–Crippen MR) is 97.3 cm³/mol. The molecule has 0 bridgehead atoms. The first kappa shape index (κ1) is 16.5. The van der Waals surface area contributed by atoms with Gasteiger partial charge in [0.1, 0.15) is 0 Å². The second-order valence-corrected chi connectivity index (χ2v) is 7.31. The highest BCUT2D eigenvalue weighted by Gasteiger charge is 2.09. The van der Waals surface area contributed by atoms with Crippen LogP contribution in [-0.2, 0) is 13.1 Å². The summed E-state index contributed by atoms with van der Waals surface area (Å²) in [5, 5.41) is 5.65. The number of benzene rings is 1. The van der Waals surface area contributed by atoms with Gasteiger partial charge in [-0.2, -0.15) is 0 Å². The molecule has 0 atom stereocenters. The zero-order valence-electron chi connectivity index (χ0n) is 12.9. The molecular formula is C17H23BrN2S. The molecule has 0 aliphatic rings. The van der Waals surface area contributed by atoms with E-state index < -0.39 is 0 Å². The van der Waals surface area contributed by atoms with Crippen LogP contribution < -0.4 is 10.2 Å². The number of nitrogens with one attached hydrogen (secondary N) is 1. The lowest BCUT2D eigenvalue weighted by molar-refractivity contribution is 0.673. The number of halogens is 1. The van der Waals surface area contributed by atoms with Crippen molar-refractivity contribution in [1.29, 1.82) is 0 Å². The monoisotopic (exact) mass is 366 g/mol. The van der Waals surface area contributed by atoms with E-state index in [0.29, 0.717) is 0 Å². The highest BCUT2D eigenvalue weighted by Crippen LogP contribution is 2.26. The quantitative estimate of drug-likeness (QED) is 0.696. The fourth-order valence-corrected chi connectivity index (χ4v) is 3.89. The van der Waals surface area contributed by atoms with Crippen LogP contribution in [0.25, 0.3) is 0 Å². The summed E-state index contributed by atoms with van der Waals surface area (Å²) < 4.78 is 1.17. The maximum atomic E-state index is 3.53. The molecule has 4 heteroatoms. The molecular weight excluding hydrogens is 344 g/mol. The van der Waals surface area contributed by atoms with Gasteiger partial charge in [-0.15, -0.1) is 11.3 Å². The minimum absolute atomic E-state index is 0.934. The van der Waals surface area contributed by atoms with E-state index in [4.69, 9.17) is 0 Å². The summed E-state index contributed by atoms with van der Waals surface area (Å²) >= 11 is 5.33. The third-order valence-electron chi connectivity index (χ3n) is 3.40. The zero-order valence-corrected chi connectivity index (χ0v) is 15.4. The van der Waals surface area contributed by atoms with Crippen molar-refractivity contribution in [1.82, 2.24) is 5.32 Å². The second-order valence-electron chi connectivity index (χ2n) is 5.40. The van der Waals surface area contributed by atoms with Crippen molar-refractivity contribution < 1.29 is 0 Å². The van der Waals surface area contributed by atoms with Crippen molar-refractivity contribution >= 4 is 33.0 Å². The van der Waals surface area contributed by atoms with Crippen LogP contribution in [-0.4, -0.2) is 13.6 Å². The number of nitrogens with zero attached hydrogens (tertiary/aromatic N) is 1. The van der Waals surface area contributed by atoms with E-state index in [9.17, 15) is 0 Å². The number of hydrogen-bond acceptors (Lipinski definition) is 3. The van der Waals surface area contributed by atoms with Crippen LogP contribution in [0.2, 0.25) is 0 Å². The Morgan fingerprint density at radius 1 is 1.29 bits per heavy atom. The Labute approximate surface area is 140 Å². The first-order chi connectivity index (χ1) is 10.1. The fourth-order valence-electron chi connectivity index (χ4n) is 2.38. The van der Waals surface area contributed by atoms with Crippen LogP contribution in [0, 0.1) is 6.92 Å². The fraction of sp³-hybridized carbons (Fsp3) is 0.412. The molecule has 0 saturated carbocycles. The van der Waals surface area contributed by atoms with E-state index in [1.165, 1.54) is 32.6 Å². The number of thiophene rings is 1. The molecule has 0 aliphatic carbocycles. The Bertz CT molecular complexity index is 580. The molecule has 1 N–H and O–H groups in total. The molecule has 0 radical (unpaired) electrons. The van der Waals surface area contributed by atoms with Crippen LogP contribution in [0.5, 0.6) is 0 Å². The van der Waals surface area contributed by atoms with Crippen molar-refractivity contribution in [2.75, 3.05) is 18.5 Å². The third kappa shape index (κ3) is 4.83. The molecule has 0 saturated heterocycles. The lowest BCUT2D eigenvalue weighted by Crippen LogP contribution is -2.20. The average Bonchev–Trinajstić information content (AvgIpc) is 2.84. The molecule has 0 fully saturated rings. The van der Waals surface area contributed by atoms with Crippen molar-refractivity contribution in [3.8, 4) is 0 Å². The molecule has 0 aliphatic heterocycles. The minimum atomic E-state index is 0.934. The molecule has 0 spiro atoms. The van der Waals surface area contributed by atoms with E-state index >= 15 is 0 Å². The lowest BCUT2D eigenvalue weighted by Gasteiger charge is -2.22. The van der Waals surface area contributed by atoms with Gasteiger partial charge in [0.2, 0.25) is 0 Å². The summed E-state index contributed by atoms with van der Waals surface area (Å²) in [5.41, 5.74) is 4.01. The van der Waals surface area contributed by atoms with E-state index in [2.05, 4.69) is 76.7 Å². The number of rotatable bonds is 7. The molecule has 114 valence electrons. The van der Waals surface area contributed by atoms with Gasteiger partial charge in [-0.25, -0.2) is 0 Å². The van der Waals surface area contributed by atoms with Gasteiger partial charge in [-0.3, -0.25) is 0 Å². The molecule has 21 heavy (non-hydrogen) atoms. The second kappa shape index (κ2) is 7.97. The maximum absolute atomic E-state index is 3.53. The molecule has 0 amide bonds. The Kier molecular flexibility index (Phi) is 6.27. The standard InChI is InChI=1S/C17H23BrN2S/c1-4-7-19-10-14-8-13(2)5-6-17(14)20(3)11-16-9-15(18)12-21-16/h5-6,8-9,12,19H,4,7,10-11H2,1-3H3. The van der Waals surface area contributed by atoms with Crippen molar-refractivity contribution in [2.24, 2.45) is 0 Å². The first-order valence-corrected chi connectivity index (χ1v) is 9.01. The first-order valence-electron chi connectivity index (χ1n) is 7.34. The Hall–Kier alpha value is -0.840. The summed E-state index contributed by atoms with van der Waals surface area (Å²) in [5.74, 6) is 0. The number of anilines is 1. The summed E-state index contributed by atoms with van der Waals surface area (Å²) in [7, 11) is 2.17. The summed E-state index contributed by atoms with van der Waals surface area (Å²) in [4.78, 5) is 3.71. The van der Waals surface area contributed by atoms with Gasteiger partial charge in [-0.1, -0.05) is 24.6 Å². The molecule has 1 heterocycles. The Morgan fingerprint density at radius 3 is 2.76 bits per heavy atom. The Morgan fingerprint density at radius 2 is 2.10 bits per heavy atom. The van der Waals surface area contributed by atoms with E-state index in [-0.39, 0.29) is 0 Å². The van der Waals surface area contributed by atoms with Crippen molar-refractivity contribution in [3.05, 3.63) is 50.1 Å². The van der Waals surface area contributed by atoms with Crippen LogP contribution in [0.1, 0.15) is 29.3 Å². The van der Waals surface area contributed by atoms with Crippen LogP contribution in [0.4, 0.5) is 5.69 Å². The lowest BCUT2D eigenvalue weighted by atomic mass is 10.1. The van der Waals surface area contributed by atoms with E-state index in [0.717, 1.165) is 19.6 Å². The summed E-state index contributed by atoms with van der Waals surface area (Å²) in [6.07, 6.45) is 1.17. The average molecular weight is 367 g/mol. The normalized spacial score (nSPS) is 10.9. The maximum Gasteiger partial charge on any atom is 0.0520 e. The van der Waals surface area contributed by atoms with Crippen LogP contribution in [0.15, 0.2) is 34.1 Å². The molecule has 1 aromatic heterocycles. The highest BCUT2D eigenvalue weighted by molar-refractivity contribution is 9.10. The largest absolute Gasteiger partial charge is 0.369 e. The van der Waals surface area contributed by atoms with Crippen LogP contribution in [0.3, 0.4) is 0 Å². The van der Waals surface area contributed by atoms with E-state index in [1.807, 2.05) is 0 Å². The number of aryl methyl sites for hydroxylation is 1.